The van der Waals surface area contributed by atoms with Crippen molar-refractivity contribution in [3.8, 4) is 45.0 Å². The van der Waals surface area contributed by atoms with Crippen LogP contribution in [0.3, 0.4) is 0 Å². The highest BCUT2D eigenvalue weighted by atomic mass is 35.5. The van der Waals surface area contributed by atoms with Gasteiger partial charge in [0.1, 0.15) is 22.7 Å². The molecule has 322 valence electrons. The van der Waals surface area contributed by atoms with E-state index < -0.39 is 12.2 Å². The summed E-state index contributed by atoms with van der Waals surface area (Å²) in [6, 6.07) is 10.1. The SMILES string of the molecule is C.C[C@H](O)CNc1nccc(-c2cn(C3CCOC3)nc2-c2cnc3[nH]cc(Cl)c3c2)n1.C[C@H](O)CNc1nccc(-c2cn(C3CCOC3)nc2-c2cnc3[nH]ccc3c2)n1. The van der Waals surface area contributed by atoms with E-state index in [1.807, 2.05) is 58.4 Å². The number of H-pyrrole nitrogens is 2. The number of rotatable bonds is 12. The maximum atomic E-state index is 9.55. The molecule has 2 unspecified atom stereocenters. The van der Waals surface area contributed by atoms with Crippen molar-refractivity contribution in [1.29, 1.82) is 0 Å². The van der Waals surface area contributed by atoms with Gasteiger partial charge >= 0.3 is 0 Å². The molecule has 2 aliphatic heterocycles. The lowest BCUT2D eigenvalue weighted by Crippen LogP contribution is -2.16. The van der Waals surface area contributed by atoms with E-state index in [9.17, 15) is 10.2 Å². The van der Waals surface area contributed by atoms with E-state index in [-0.39, 0.29) is 19.5 Å². The van der Waals surface area contributed by atoms with Crippen LogP contribution in [0.4, 0.5) is 11.9 Å². The van der Waals surface area contributed by atoms with Gasteiger partial charge in [-0.3, -0.25) is 9.36 Å². The van der Waals surface area contributed by atoms with E-state index in [1.54, 1.807) is 38.6 Å². The zero-order valence-corrected chi connectivity index (χ0v) is 34.3. The molecule has 0 amide bonds. The van der Waals surface area contributed by atoms with Crippen LogP contribution in [0.1, 0.15) is 46.2 Å². The minimum Gasteiger partial charge on any atom is -0.392 e. The second-order valence-corrected chi connectivity index (χ2v) is 15.6. The molecule has 0 radical (unpaired) electrons. The Balaban J connectivity index is 0.000000168. The molecule has 10 heterocycles. The Morgan fingerprint density at radius 1 is 0.758 bits per heavy atom. The van der Waals surface area contributed by atoms with Crippen LogP contribution in [0.15, 0.2) is 79.9 Å². The fourth-order valence-corrected chi connectivity index (χ4v) is 7.45. The molecule has 10 rings (SSSR count). The molecule has 2 fully saturated rings. The first-order chi connectivity index (χ1) is 29.8. The highest BCUT2D eigenvalue weighted by molar-refractivity contribution is 6.35. The molecular formula is C43H49ClN14O4. The Labute approximate surface area is 362 Å². The maximum absolute atomic E-state index is 9.55. The van der Waals surface area contributed by atoms with Crippen molar-refractivity contribution in [2.75, 3.05) is 50.2 Å². The van der Waals surface area contributed by atoms with Crippen molar-refractivity contribution in [2.45, 2.75) is 58.4 Å². The van der Waals surface area contributed by atoms with E-state index in [2.05, 4.69) is 56.6 Å². The topological polar surface area (TPSA) is 228 Å². The van der Waals surface area contributed by atoms with Gasteiger partial charge in [0.05, 0.1) is 53.9 Å². The highest BCUT2D eigenvalue weighted by Gasteiger charge is 2.25. The molecule has 19 heteroatoms. The quantitative estimate of drug-likeness (QED) is 0.0765. The summed E-state index contributed by atoms with van der Waals surface area (Å²) < 4.78 is 15.0. The first-order valence-corrected chi connectivity index (χ1v) is 20.5. The molecule has 8 aromatic rings. The van der Waals surface area contributed by atoms with Crippen LogP contribution in [-0.2, 0) is 9.47 Å². The van der Waals surface area contributed by atoms with Gasteiger partial charge in [0.25, 0.3) is 0 Å². The molecule has 0 saturated carbocycles. The summed E-state index contributed by atoms with van der Waals surface area (Å²) >= 11 is 6.32. The summed E-state index contributed by atoms with van der Waals surface area (Å²) in [5, 5.41) is 37.5. The Kier molecular flexibility index (Phi) is 12.8. The number of nitrogens with one attached hydrogen (secondary N) is 4. The lowest BCUT2D eigenvalue weighted by atomic mass is 10.1. The number of aliphatic hydroxyl groups is 2. The Morgan fingerprint density at radius 2 is 1.31 bits per heavy atom. The molecule has 0 spiro atoms. The van der Waals surface area contributed by atoms with E-state index in [0.29, 0.717) is 43.2 Å². The second-order valence-electron chi connectivity index (χ2n) is 15.2. The lowest BCUT2D eigenvalue weighted by molar-refractivity contribution is 0.184. The summed E-state index contributed by atoms with van der Waals surface area (Å²) in [6.45, 7) is 6.91. The number of nitrogens with zero attached hydrogens (tertiary/aromatic N) is 10. The van der Waals surface area contributed by atoms with Gasteiger partial charge < -0.3 is 40.3 Å². The van der Waals surface area contributed by atoms with Gasteiger partial charge in [-0.25, -0.2) is 29.9 Å². The van der Waals surface area contributed by atoms with Gasteiger partial charge in [-0.2, -0.15) is 10.2 Å². The molecule has 18 nitrogen and oxygen atoms in total. The Hall–Kier alpha value is -6.31. The Morgan fingerprint density at radius 3 is 1.84 bits per heavy atom. The molecule has 0 aromatic carbocycles. The summed E-state index contributed by atoms with van der Waals surface area (Å²) in [5.74, 6) is 0.916. The molecule has 2 aliphatic rings. The van der Waals surface area contributed by atoms with Crippen molar-refractivity contribution in [3.63, 3.8) is 0 Å². The molecule has 6 N–H and O–H groups in total. The van der Waals surface area contributed by atoms with Crippen LogP contribution < -0.4 is 10.6 Å². The fourth-order valence-electron chi connectivity index (χ4n) is 7.26. The Bertz CT molecular complexity index is 2750. The molecule has 0 aliphatic carbocycles. The molecule has 62 heavy (non-hydrogen) atoms. The molecule has 2 saturated heterocycles. The average Bonchev–Trinajstić information content (AvgIpc) is 4.14. The molecule has 8 aromatic heterocycles. The number of anilines is 2. The van der Waals surface area contributed by atoms with E-state index in [0.717, 1.165) is 93.2 Å². The largest absolute Gasteiger partial charge is 0.392 e. The van der Waals surface area contributed by atoms with Crippen LogP contribution in [0.2, 0.25) is 5.02 Å². The second kappa shape index (κ2) is 18.8. The van der Waals surface area contributed by atoms with Crippen molar-refractivity contribution >= 4 is 45.6 Å². The van der Waals surface area contributed by atoms with E-state index >= 15 is 0 Å². The van der Waals surface area contributed by atoms with Crippen LogP contribution in [0.5, 0.6) is 0 Å². The number of ether oxygens (including phenoxy) is 2. The van der Waals surface area contributed by atoms with Gasteiger partial charge in [0.15, 0.2) is 0 Å². The molecular weight excluding hydrogens is 812 g/mol. The number of hydrogen-bond donors (Lipinski definition) is 6. The number of fused-ring (bicyclic) bond motifs is 2. The van der Waals surface area contributed by atoms with Gasteiger partial charge in [-0.1, -0.05) is 19.0 Å². The van der Waals surface area contributed by atoms with Crippen molar-refractivity contribution in [3.05, 3.63) is 84.9 Å². The van der Waals surface area contributed by atoms with Crippen molar-refractivity contribution in [2.24, 2.45) is 0 Å². The van der Waals surface area contributed by atoms with Gasteiger partial charge in [-0.05, 0) is 57.0 Å². The third-order valence-electron chi connectivity index (χ3n) is 10.4. The minimum atomic E-state index is -0.503. The highest BCUT2D eigenvalue weighted by Crippen LogP contribution is 2.36. The number of aromatic nitrogens is 12. The summed E-state index contributed by atoms with van der Waals surface area (Å²) in [6.07, 6.45) is 15.5. The van der Waals surface area contributed by atoms with Gasteiger partial charge in [-0.15, -0.1) is 0 Å². The number of halogens is 1. The number of aromatic amines is 2. The molecule has 0 bridgehead atoms. The first-order valence-electron chi connectivity index (χ1n) is 20.2. The van der Waals surface area contributed by atoms with Crippen molar-refractivity contribution in [1.82, 2.24) is 59.4 Å². The standard InChI is InChI=1S/C21H22ClN7O2.C21H23N7O2.CH4/c1-12(30)7-26-21-23-4-2-18(27-21)16-10-29(14-3-5-31-11-14)28-19(16)13-6-15-17(22)9-25-20(15)24-8-13;1-13(29)9-25-21-23-6-3-18(26-21)17-11-28(16-4-7-30-12-16)27-19(17)15-8-14-2-5-22-20(14)24-10-15;/h2,4,6,8-10,12,14,30H,3,5,7,11H2,1H3,(H,24,25)(H,23,26,27);2-3,5-6,8,10-11,13,16,29H,4,7,9,12H2,1H3,(H,22,24)(H,23,25,26);1H4/t12-,14?;13-,16?;/m00./s1. The third-order valence-corrected chi connectivity index (χ3v) is 10.7. The zero-order valence-electron chi connectivity index (χ0n) is 33.5. The van der Waals surface area contributed by atoms with Gasteiger partial charge in [0.2, 0.25) is 11.9 Å². The van der Waals surface area contributed by atoms with Crippen LogP contribution in [0, 0.1) is 0 Å². The number of aliphatic hydroxyl groups excluding tert-OH is 2. The number of hydrogen-bond acceptors (Lipinski definition) is 14. The summed E-state index contributed by atoms with van der Waals surface area (Å²) in [5.41, 5.74) is 8.17. The predicted molar refractivity (Wildman–Crippen MR) is 238 cm³/mol. The average molecular weight is 861 g/mol. The van der Waals surface area contributed by atoms with E-state index in [1.165, 1.54) is 0 Å². The smallest absolute Gasteiger partial charge is 0.223 e. The monoisotopic (exact) mass is 860 g/mol. The number of pyridine rings is 2. The van der Waals surface area contributed by atoms with Crippen LogP contribution >= 0.6 is 11.6 Å². The summed E-state index contributed by atoms with van der Waals surface area (Å²) in [4.78, 5) is 33.0. The maximum Gasteiger partial charge on any atom is 0.223 e. The summed E-state index contributed by atoms with van der Waals surface area (Å²) in [7, 11) is 0. The van der Waals surface area contributed by atoms with Gasteiger partial charge in [0, 0.05) is 109 Å². The minimum absolute atomic E-state index is 0. The van der Waals surface area contributed by atoms with Crippen LogP contribution in [0.25, 0.3) is 67.1 Å². The lowest BCUT2D eigenvalue weighted by Gasteiger charge is -2.08. The fraction of sp³-hybridized carbons (Fsp3) is 0.349. The molecule has 4 atom stereocenters. The predicted octanol–water partition coefficient (Wildman–Crippen LogP) is 6.56. The van der Waals surface area contributed by atoms with E-state index in [4.69, 9.17) is 31.3 Å². The zero-order chi connectivity index (χ0) is 41.9. The normalized spacial score (nSPS) is 17.1. The first kappa shape index (κ1) is 42.4. The third kappa shape index (κ3) is 9.29. The van der Waals surface area contributed by atoms with Crippen molar-refractivity contribution < 1.29 is 19.7 Å². The van der Waals surface area contributed by atoms with Crippen LogP contribution in [-0.4, -0.2) is 121 Å².